The van der Waals surface area contributed by atoms with Gasteiger partial charge in [-0.25, -0.2) is 4.52 Å². The predicted molar refractivity (Wildman–Crippen MR) is 91.7 cm³/mol. The molecule has 0 saturated heterocycles. The van der Waals surface area contributed by atoms with Gasteiger partial charge >= 0.3 is 12.1 Å². The Morgan fingerprint density at radius 3 is 2.59 bits per heavy atom. The molecular weight excluding hydrogens is 383 g/mol. The maximum absolute atomic E-state index is 12.6. The maximum Gasteiger partial charge on any atom is 0.416 e. The molecule has 0 bridgehead atoms. The van der Waals surface area contributed by atoms with E-state index < -0.39 is 23.3 Å². The number of fused-ring (bicyclic) bond motifs is 1. The molecule has 2 heterocycles. The van der Waals surface area contributed by atoms with Gasteiger partial charge in [0.2, 0.25) is 4.96 Å². The normalized spacial score (nSPS) is 11.7. The van der Waals surface area contributed by atoms with Gasteiger partial charge in [-0.3, -0.25) is 9.59 Å². The van der Waals surface area contributed by atoms with Crippen molar-refractivity contribution in [2.24, 2.45) is 0 Å². The molecule has 0 saturated carbocycles. The summed E-state index contributed by atoms with van der Waals surface area (Å²) in [5, 5.41) is 5.90. The number of carbonyl (C=O) groups excluding carboxylic acids is 1. The average molecular weight is 397 g/mol. The van der Waals surface area contributed by atoms with Gasteiger partial charge in [-0.1, -0.05) is 12.1 Å². The van der Waals surface area contributed by atoms with Crippen LogP contribution in [0.2, 0.25) is 0 Å². The third-order valence-electron chi connectivity index (χ3n) is 3.70. The van der Waals surface area contributed by atoms with E-state index in [4.69, 9.17) is 4.74 Å². The molecule has 142 valence electrons. The highest BCUT2D eigenvalue weighted by atomic mass is 32.1. The zero-order chi connectivity index (χ0) is 19.6. The average Bonchev–Trinajstić information content (AvgIpc) is 2.97. The minimum Gasteiger partial charge on any atom is -0.466 e. The highest BCUT2D eigenvalue weighted by Gasteiger charge is 2.30. The van der Waals surface area contributed by atoms with E-state index in [-0.39, 0.29) is 25.1 Å². The molecule has 27 heavy (non-hydrogen) atoms. The molecule has 0 atom stereocenters. The van der Waals surface area contributed by atoms with Crippen LogP contribution in [0.25, 0.3) is 4.96 Å². The van der Waals surface area contributed by atoms with Gasteiger partial charge in [-0.15, -0.1) is 11.3 Å². The lowest BCUT2D eigenvalue weighted by atomic mass is 10.1. The molecule has 0 aliphatic rings. The van der Waals surface area contributed by atoms with Crippen LogP contribution < -0.4 is 5.56 Å². The first-order chi connectivity index (χ1) is 12.8. The Morgan fingerprint density at radius 2 is 1.96 bits per heavy atom. The highest BCUT2D eigenvalue weighted by Crippen LogP contribution is 2.29. The summed E-state index contributed by atoms with van der Waals surface area (Å²) in [4.78, 5) is 28.1. The Labute approximate surface area is 155 Å². The maximum atomic E-state index is 12.6. The molecule has 0 aliphatic heterocycles. The molecule has 6 nitrogen and oxygen atoms in total. The summed E-state index contributed by atoms with van der Waals surface area (Å²) >= 11 is 1.16. The molecule has 0 fully saturated rings. The Morgan fingerprint density at radius 1 is 1.26 bits per heavy atom. The number of rotatable bonds is 5. The van der Waals surface area contributed by atoms with Crippen LogP contribution in [-0.2, 0) is 28.5 Å². The summed E-state index contributed by atoms with van der Waals surface area (Å²) in [6, 6.07) is 4.50. The van der Waals surface area contributed by atoms with E-state index in [1.165, 1.54) is 16.6 Å². The van der Waals surface area contributed by atoms with Crippen LogP contribution in [-0.4, -0.2) is 27.2 Å². The lowest BCUT2D eigenvalue weighted by Gasteiger charge is -2.07. The number of thiazole rings is 1. The molecule has 1 aromatic carbocycles. The van der Waals surface area contributed by atoms with Crippen molar-refractivity contribution in [1.29, 1.82) is 0 Å². The van der Waals surface area contributed by atoms with E-state index >= 15 is 0 Å². The predicted octanol–water partition coefficient (Wildman–Crippen LogP) is 2.87. The van der Waals surface area contributed by atoms with Gasteiger partial charge in [0.15, 0.2) is 0 Å². The zero-order valence-corrected chi connectivity index (χ0v) is 14.9. The molecule has 0 aliphatic carbocycles. The summed E-state index contributed by atoms with van der Waals surface area (Å²) in [5.41, 5.74) is -0.222. The van der Waals surface area contributed by atoms with Crippen LogP contribution >= 0.6 is 11.3 Å². The molecule has 3 aromatic rings. The van der Waals surface area contributed by atoms with Crippen molar-refractivity contribution in [3.05, 3.63) is 62.5 Å². The molecule has 10 heteroatoms. The largest absolute Gasteiger partial charge is 0.466 e. The van der Waals surface area contributed by atoms with E-state index in [2.05, 4.69) is 10.1 Å². The van der Waals surface area contributed by atoms with Crippen molar-refractivity contribution in [3.63, 3.8) is 0 Å². The number of nitrogens with zero attached hydrogens (tertiary/aromatic N) is 3. The Balaban J connectivity index is 1.89. The first kappa shape index (κ1) is 19.0. The number of carbonyl (C=O) groups is 1. The lowest BCUT2D eigenvalue weighted by molar-refractivity contribution is -0.142. The van der Waals surface area contributed by atoms with Crippen molar-refractivity contribution < 1.29 is 22.7 Å². The fourth-order valence-electron chi connectivity index (χ4n) is 2.43. The molecule has 0 unspecified atom stereocenters. The lowest BCUT2D eigenvalue weighted by Crippen LogP contribution is -2.20. The quantitative estimate of drug-likeness (QED) is 0.619. The fourth-order valence-corrected chi connectivity index (χ4v) is 3.25. The topological polar surface area (TPSA) is 73.6 Å². The third-order valence-corrected chi connectivity index (χ3v) is 4.57. The van der Waals surface area contributed by atoms with Crippen molar-refractivity contribution in [2.75, 3.05) is 6.61 Å². The van der Waals surface area contributed by atoms with Crippen LogP contribution in [0, 0.1) is 0 Å². The van der Waals surface area contributed by atoms with E-state index in [0.29, 0.717) is 16.2 Å². The number of esters is 1. The van der Waals surface area contributed by atoms with Gasteiger partial charge in [0.1, 0.15) is 5.69 Å². The molecule has 0 N–H and O–H groups in total. The first-order valence-corrected chi connectivity index (χ1v) is 8.84. The smallest absolute Gasteiger partial charge is 0.416 e. The SMILES string of the molecule is CCOC(=O)Cc1csc2nc(=O)c(Cc3ccc(C(F)(F)F)cc3)nn12. The van der Waals surface area contributed by atoms with Gasteiger partial charge in [0, 0.05) is 11.8 Å². The summed E-state index contributed by atoms with van der Waals surface area (Å²) < 4.78 is 44.2. The minimum absolute atomic E-state index is 0.0227. The highest BCUT2D eigenvalue weighted by molar-refractivity contribution is 7.15. The summed E-state index contributed by atoms with van der Waals surface area (Å²) in [6.45, 7) is 1.95. The van der Waals surface area contributed by atoms with Gasteiger partial charge in [0.25, 0.3) is 5.56 Å². The van der Waals surface area contributed by atoms with Gasteiger partial charge < -0.3 is 4.74 Å². The number of ether oxygens (including phenoxy) is 1. The molecule has 0 radical (unpaired) electrons. The van der Waals surface area contributed by atoms with Crippen molar-refractivity contribution in [2.45, 2.75) is 25.9 Å². The van der Waals surface area contributed by atoms with Gasteiger partial charge in [0.05, 0.1) is 24.3 Å². The van der Waals surface area contributed by atoms with E-state index in [0.717, 1.165) is 23.5 Å². The van der Waals surface area contributed by atoms with Gasteiger partial charge in [-0.2, -0.15) is 23.3 Å². The summed E-state index contributed by atoms with van der Waals surface area (Å²) in [5.74, 6) is -0.429. The van der Waals surface area contributed by atoms with Crippen molar-refractivity contribution >= 4 is 22.3 Å². The van der Waals surface area contributed by atoms with Crippen LogP contribution in [0.1, 0.15) is 29.4 Å². The summed E-state index contributed by atoms with van der Waals surface area (Å²) in [6.07, 6.45) is -4.41. The van der Waals surface area contributed by atoms with Crippen LogP contribution in [0.4, 0.5) is 13.2 Å². The van der Waals surface area contributed by atoms with E-state index in [9.17, 15) is 22.8 Å². The van der Waals surface area contributed by atoms with Crippen LogP contribution in [0.3, 0.4) is 0 Å². The second-order valence-corrected chi connectivity index (χ2v) is 6.47. The van der Waals surface area contributed by atoms with Crippen LogP contribution in [0.5, 0.6) is 0 Å². The number of halogens is 3. The zero-order valence-electron chi connectivity index (χ0n) is 14.1. The third kappa shape index (κ3) is 4.33. The Hall–Kier alpha value is -2.75. The Bertz CT molecular complexity index is 1030. The first-order valence-electron chi connectivity index (χ1n) is 7.96. The van der Waals surface area contributed by atoms with Gasteiger partial charge in [-0.05, 0) is 24.6 Å². The van der Waals surface area contributed by atoms with E-state index in [1.807, 2.05) is 0 Å². The summed E-state index contributed by atoms with van der Waals surface area (Å²) in [7, 11) is 0. The number of aromatic nitrogens is 3. The van der Waals surface area contributed by atoms with E-state index in [1.54, 1.807) is 12.3 Å². The standard InChI is InChI=1S/C17H14F3N3O3S/c1-2-26-14(24)8-12-9-27-16-21-15(25)13(22-23(12)16)7-10-3-5-11(6-4-10)17(18,19)20/h3-6,9H,2,7-8H2,1H3. The molecule has 2 aromatic heterocycles. The second-order valence-electron chi connectivity index (χ2n) is 5.64. The number of hydrogen-bond acceptors (Lipinski definition) is 6. The number of benzene rings is 1. The molecule has 0 spiro atoms. The second kappa shape index (κ2) is 7.47. The number of alkyl halides is 3. The molecule has 0 amide bonds. The molecular formula is C17H14F3N3O3S. The molecule has 3 rings (SSSR count). The number of hydrogen-bond donors (Lipinski definition) is 0. The fraction of sp³-hybridized carbons (Fsp3) is 0.294. The van der Waals surface area contributed by atoms with Crippen molar-refractivity contribution in [3.8, 4) is 0 Å². The minimum atomic E-state index is -4.42. The monoisotopic (exact) mass is 397 g/mol. The van der Waals surface area contributed by atoms with Crippen LogP contribution in [0.15, 0.2) is 34.4 Å². The van der Waals surface area contributed by atoms with Crippen molar-refractivity contribution in [1.82, 2.24) is 14.6 Å². The Kier molecular flexibility index (Phi) is 5.26.